The fourth-order valence-corrected chi connectivity index (χ4v) is 6.20. The lowest BCUT2D eigenvalue weighted by Gasteiger charge is -2.39. The van der Waals surface area contributed by atoms with Crippen molar-refractivity contribution in [2.45, 2.75) is 24.6 Å². The van der Waals surface area contributed by atoms with Gasteiger partial charge in [-0.2, -0.15) is 0 Å². The highest BCUT2D eigenvalue weighted by Gasteiger charge is 2.46. The van der Waals surface area contributed by atoms with Gasteiger partial charge in [0.05, 0.1) is 17.6 Å². The zero-order valence-electron chi connectivity index (χ0n) is 21.0. The Morgan fingerprint density at radius 3 is 2.15 bits per heavy atom. The first kappa shape index (κ1) is 26.8. The van der Waals surface area contributed by atoms with Crippen molar-refractivity contribution < 1.29 is 31.1 Å². The Bertz CT molecular complexity index is 1470. The van der Waals surface area contributed by atoms with Crippen LogP contribution in [0.1, 0.15) is 18.4 Å². The number of anilines is 4. The summed E-state index contributed by atoms with van der Waals surface area (Å²) >= 11 is 0. The standard InChI is InChI=1S/C27H27F3N4O4S/c1-39(36,37)33-16-14-26(15-17-33)18-34(23-8-4-2-6-21(23)26)24-9-5-3-7-22(24)32-25(35)31-19-10-12-20(13-11-19)38-27(28,29)30/h2-13H,14-18H2,1H3,(H2,31,32,35). The van der Waals surface area contributed by atoms with Crippen molar-refractivity contribution in [1.29, 1.82) is 0 Å². The summed E-state index contributed by atoms with van der Waals surface area (Å²) in [4.78, 5) is 15.0. The molecule has 1 spiro atoms. The van der Waals surface area contributed by atoms with E-state index in [-0.39, 0.29) is 11.2 Å². The van der Waals surface area contributed by atoms with Gasteiger partial charge in [0.2, 0.25) is 10.0 Å². The van der Waals surface area contributed by atoms with Gasteiger partial charge in [0, 0.05) is 36.4 Å². The van der Waals surface area contributed by atoms with Gasteiger partial charge in [-0.05, 0) is 60.9 Å². The summed E-state index contributed by atoms with van der Waals surface area (Å²) in [5.41, 5.74) is 3.54. The summed E-state index contributed by atoms with van der Waals surface area (Å²) in [6.07, 6.45) is -2.21. The topological polar surface area (TPSA) is 91.0 Å². The summed E-state index contributed by atoms with van der Waals surface area (Å²) in [6.45, 7) is 1.51. The van der Waals surface area contributed by atoms with Crippen LogP contribution in [0, 0.1) is 0 Å². The Kier molecular flexibility index (Phi) is 6.93. The van der Waals surface area contributed by atoms with Crippen molar-refractivity contribution in [3.8, 4) is 5.75 Å². The van der Waals surface area contributed by atoms with Crippen molar-refractivity contribution in [3.05, 3.63) is 78.4 Å². The molecule has 0 bridgehead atoms. The number of hydrogen-bond acceptors (Lipinski definition) is 5. The summed E-state index contributed by atoms with van der Waals surface area (Å²) in [6, 6.07) is 19.7. The molecule has 2 aliphatic rings. The maximum atomic E-state index is 12.8. The van der Waals surface area contributed by atoms with Crippen molar-refractivity contribution in [1.82, 2.24) is 4.31 Å². The monoisotopic (exact) mass is 560 g/mol. The second-order valence-electron chi connectivity index (χ2n) is 9.71. The van der Waals surface area contributed by atoms with Crippen molar-refractivity contribution in [3.63, 3.8) is 0 Å². The molecule has 39 heavy (non-hydrogen) atoms. The first-order valence-electron chi connectivity index (χ1n) is 12.3. The number of ether oxygens (including phenoxy) is 1. The summed E-state index contributed by atoms with van der Waals surface area (Å²) in [7, 11) is -3.26. The largest absolute Gasteiger partial charge is 0.573 e. The van der Waals surface area contributed by atoms with E-state index in [0.717, 1.165) is 29.1 Å². The second kappa shape index (κ2) is 10.1. The van der Waals surface area contributed by atoms with Crippen molar-refractivity contribution in [2.24, 2.45) is 0 Å². The highest BCUT2D eigenvalue weighted by atomic mass is 32.2. The van der Waals surface area contributed by atoms with Crippen LogP contribution in [0.4, 0.5) is 40.7 Å². The number of rotatable bonds is 5. The van der Waals surface area contributed by atoms with E-state index in [1.807, 2.05) is 30.3 Å². The number of sulfonamides is 1. The van der Waals surface area contributed by atoms with Gasteiger partial charge in [0.1, 0.15) is 5.75 Å². The Morgan fingerprint density at radius 2 is 1.51 bits per heavy atom. The molecule has 3 aromatic rings. The number of piperidine rings is 1. The molecule has 0 radical (unpaired) electrons. The van der Waals surface area contributed by atoms with E-state index < -0.39 is 22.4 Å². The highest BCUT2D eigenvalue weighted by molar-refractivity contribution is 7.88. The van der Waals surface area contributed by atoms with Gasteiger partial charge in [-0.3, -0.25) is 0 Å². The van der Waals surface area contributed by atoms with Crippen LogP contribution in [-0.4, -0.2) is 51.0 Å². The Balaban J connectivity index is 1.34. The average molecular weight is 561 g/mol. The molecule has 1 fully saturated rings. The van der Waals surface area contributed by atoms with E-state index in [1.54, 1.807) is 12.1 Å². The quantitative estimate of drug-likeness (QED) is 0.420. The molecule has 1 saturated heterocycles. The Hall–Kier alpha value is -3.77. The van der Waals surface area contributed by atoms with Gasteiger partial charge in [-0.25, -0.2) is 17.5 Å². The number of benzene rings is 3. The van der Waals surface area contributed by atoms with Crippen LogP contribution in [0.25, 0.3) is 0 Å². The lowest BCUT2D eigenvalue weighted by molar-refractivity contribution is -0.274. The number of hydrogen-bond donors (Lipinski definition) is 2. The molecule has 3 aromatic carbocycles. The van der Waals surface area contributed by atoms with Gasteiger partial charge in [-0.1, -0.05) is 30.3 Å². The number of carbonyl (C=O) groups is 1. The molecule has 0 aliphatic carbocycles. The lowest BCUT2D eigenvalue weighted by Crippen LogP contribution is -2.46. The number of fused-ring (bicyclic) bond motifs is 2. The minimum atomic E-state index is -4.80. The number of amides is 2. The third kappa shape index (κ3) is 5.81. The maximum absolute atomic E-state index is 12.8. The lowest BCUT2D eigenvalue weighted by atomic mass is 9.75. The molecule has 12 heteroatoms. The average Bonchev–Trinajstić information content (AvgIpc) is 3.18. The number of alkyl halides is 3. The van der Waals surface area contributed by atoms with Crippen LogP contribution in [0.3, 0.4) is 0 Å². The first-order chi connectivity index (χ1) is 18.4. The van der Waals surface area contributed by atoms with Crippen LogP contribution in [0.2, 0.25) is 0 Å². The predicted molar refractivity (Wildman–Crippen MR) is 143 cm³/mol. The molecule has 2 amide bonds. The number of halogens is 3. The van der Waals surface area contributed by atoms with E-state index in [1.165, 1.54) is 22.7 Å². The first-order valence-corrected chi connectivity index (χ1v) is 14.1. The summed E-state index contributed by atoms with van der Waals surface area (Å²) in [5, 5.41) is 5.47. The van der Waals surface area contributed by atoms with E-state index >= 15 is 0 Å². The fourth-order valence-electron chi connectivity index (χ4n) is 5.36. The molecule has 2 heterocycles. The zero-order valence-corrected chi connectivity index (χ0v) is 21.8. The third-order valence-corrected chi connectivity index (χ3v) is 8.47. The fraction of sp³-hybridized carbons (Fsp3) is 0.296. The summed E-state index contributed by atoms with van der Waals surface area (Å²) in [5.74, 6) is -0.386. The molecular formula is C27H27F3N4O4S. The van der Waals surface area contributed by atoms with Gasteiger partial charge in [0.15, 0.2) is 0 Å². The molecule has 206 valence electrons. The molecule has 2 N–H and O–H groups in total. The number of urea groups is 1. The molecule has 0 atom stereocenters. The van der Waals surface area contributed by atoms with Gasteiger partial charge in [-0.15, -0.1) is 13.2 Å². The Morgan fingerprint density at radius 1 is 0.897 bits per heavy atom. The van der Waals surface area contributed by atoms with Gasteiger partial charge < -0.3 is 20.3 Å². The Labute approximate surface area is 224 Å². The minimum Gasteiger partial charge on any atom is -0.406 e. The van der Waals surface area contributed by atoms with Crippen LogP contribution < -0.4 is 20.3 Å². The number of nitrogens with zero attached hydrogens (tertiary/aromatic N) is 2. The molecule has 2 aliphatic heterocycles. The van der Waals surface area contributed by atoms with Crippen LogP contribution in [-0.2, 0) is 15.4 Å². The van der Waals surface area contributed by atoms with E-state index in [2.05, 4.69) is 26.3 Å². The van der Waals surface area contributed by atoms with E-state index in [4.69, 9.17) is 0 Å². The van der Waals surface area contributed by atoms with Crippen molar-refractivity contribution in [2.75, 3.05) is 41.4 Å². The zero-order chi connectivity index (χ0) is 27.8. The molecular weight excluding hydrogens is 533 g/mol. The molecule has 0 aromatic heterocycles. The molecule has 0 unspecified atom stereocenters. The van der Waals surface area contributed by atoms with Gasteiger partial charge in [0.25, 0.3) is 0 Å². The number of para-hydroxylation sites is 3. The van der Waals surface area contributed by atoms with Crippen molar-refractivity contribution >= 4 is 38.8 Å². The molecule has 0 saturated carbocycles. The number of nitrogens with one attached hydrogen (secondary N) is 2. The van der Waals surface area contributed by atoms with E-state index in [0.29, 0.717) is 43.9 Å². The highest BCUT2D eigenvalue weighted by Crippen LogP contribution is 2.50. The third-order valence-electron chi connectivity index (χ3n) is 7.16. The normalized spacial score (nSPS) is 17.1. The second-order valence-corrected chi connectivity index (χ2v) is 11.7. The maximum Gasteiger partial charge on any atom is 0.573 e. The minimum absolute atomic E-state index is 0.229. The van der Waals surface area contributed by atoms with E-state index in [9.17, 15) is 26.4 Å². The van der Waals surface area contributed by atoms with Crippen LogP contribution in [0.5, 0.6) is 5.75 Å². The van der Waals surface area contributed by atoms with Crippen LogP contribution in [0.15, 0.2) is 72.8 Å². The van der Waals surface area contributed by atoms with Crippen LogP contribution >= 0.6 is 0 Å². The summed E-state index contributed by atoms with van der Waals surface area (Å²) < 4.78 is 66.8. The molecule has 8 nitrogen and oxygen atoms in total. The predicted octanol–water partition coefficient (Wildman–Crippen LogP) is 5.67. The SMILES string of the molecule is CS(=O)(=O)N1CCC2(CC1)CN(c1ccccc1NC(=O)Nc1ccc(OC(F)(F)F)cc1)c1ccccc12. The molecule has 5 rings (SSSR count). The number of carbonyl (C=O) groups excluding carboxylic acids is 1. The van der Waals surface area contributed by atoms with Gasteiger partial charge >= 0.3 is 12.4 Å². The smallest absolute Gasteiger partial charge is 0.406 e.